The van der Waals surface area contributed by atoms with Crippen LogP contribution in [0.4, 0.5) is 4.79 Å². The molecule has 138 valence electrons. The van der Waals surface area contributed by atoms with Gasteiger partial charge in [0, 0.05) is 23.5 Å². The second-order valence-electron chi connectivity index (χ2n) is 7.91. The van der Waals surface area contributed by atoms with Crippen molar-refractivity contribution >= 4 is 29.2 Å². The van der Waals surface area contributed by atoms with Crippen molar-refractivity contribution in [3.8, 4) is 0 Å². The van der Waals surface area contributed by atoms with Crippen molar-refractivity contribution in [2.75, 3.05) is 13.2 Å². The molecule has 3 fully saturated rings. The molecule has 0 unspecified atom stereocenters. The molecule has 7 heteroatoms. The molecule has 2 aliphatic carbocycles. The summed E-state index contributed by atoms with van der Waals surface area (Å²) in [5.74, 6) is -0.663. The number of carbonyl (C=O) groups is 3. The number of rotatable bonds is 4. The van der Waals surface area contributed by atoms with Crippen LogP contribution in [-0.2, 0) is 16.0 Å². The highest BCUT2D eigenvalue weighted by Gasteiger charge is 2.50. The van der Waals surface area contributed by atoms with Crippen LogP contribution in [0.15, 0.2) is 11.4 Å². The average Bonchev–Trinajstić information content (AvgIpc) is 3.04. The fourth-order valence-corrected chi connectivity index (χ4v) is 5.75. The van der Waals surface area contributed by atoms with Crippen LogP contribution in [0.3, 0.4) is 0 Å². The van der Waals surface area contributed by atoms with E-state index in [1.807, 2.05) is 0 Å². The van der Waals surface area contributed by atoms with Gasteiger partial charge in [-0.3, -0.25) is 19.4 Å². The van der Waals surface area contributed by atoms with E-state index in [0.717, 1.165) is 38.6 Å². The Morgan fingerprint density at radius 1 is 1.04 bits per heavy atom. The molecule has 5 rings (SSSR count). The Bertz CT molecular complexity index is 766. The molecule has 0 aromatic carbocycles. The van der Waals surface area contributed by atoms with Crippen LogP contribution in [-0.4, -0.2) is 51.8 Å². The number of hydrogen-bond donors (Lipinski definition) is 0. The van der Waals surface area contributed by atoms with Gasteiger partial charge in [-0.1, -0.05) is 12.8 Å². The van der Waals surface area contributed by atoms with Crippen LogP contribution < -0.4 is 0 Å². The first-order valence-electron chi connectivity index (χ1n) is 9.64. The molecule has 1 saturated heterocycles. The zero-order valence-corrected chi connectivity index (χ0v) is 15.5. The van der Waals surface area contributed by atoms with E-state index < -0.39 is 17.8 Å². The molecule has 6 nitrogen and oxygen atoms in total. The van der Waals surface area contributed by atoms with Crippen molar-refractivity contribution in [2.45, 2.75) is 57.0 Å². The molecule has 0 spiro atoms. The van der Waals surface area contributed by atoms with E-state index in [4.69, 9.17) is 0 Å². The Balaban J connectivity index is 1.38. The molecule has 4 aliphatic rings. The van der Waals surface area contributed by atoms with Crippen molar-refractivity contribution in [1.29, 1.82) is 0 Å². The number of imide groups is 2. The molecule has 3 heterocycles. The minimum Gasteiger partial charge on any atom is -0.278 e. The Morgan fingerprint density at radius 2 is 1.81 bits per heavy atom. The van der Waals surface area contributed by atoms with Crippen molar-refractivity contribution in [1.82, 2.24) is 14.7 Å². The molecule has 2 saturated carbocycles. The SMILES string of the molecule is O=C1C(=O)N(C2CCCC2)C(=O)N1CN1CCc2sccc2[C@H]1C1CC1. The second-order valence-corrected chi connectivity index (χ2v) is 8.92. The van der Waals surface area contributed by atoms with Crippen LogP contribution in [0.25, 0.3) is 0 Å². The van der Waals surface area contributed by atoms with Gasteiger partial charge < -0.3 is 0 Å². The lowest BCUT2D eigenvalue weighted by Gasteiger charge is -2.37. The molecule has 1 aromatic heterocycles. The van der Waals surface area contributed by atoms with Gasteiger partial charge in [-0.25, -0.2) is 9.69 Å². The second kappa shape index (κ2) is 6.16. The van der Waals surface area contributed by atoms with Gasteiger partial charge in [0.1, 0.15) is 0 Å². The van der Waals surface area contributed by atoms with Crippen LogP contribution in [0.1, 0.15) is 55.0 Å². The first-order valence-corrected chi connectivity index (χ1v) is 10.5. The quantitative estimate of drug-likeness (QED) is 0.601. The average molecular weight is 373 g/mol. The van der Waals surface area contributed by atoms with Crippen molar-refractivity contribution in [2.24, 2.45) is 5.92 Å². The standard InChI is InChI=1S/C19H23N3O3S/c23-17-18(24)22(13-3-1-2-4-13)19(25)21(17)11-20-9-7-15-14(8-10-26-15)16(20)12-5-6-12/h8,10,12-13,16H,1-7,9,11H2/t16-/m1/s1. The molecular weight excluding hydrogens is 350 g/mol. The van der Waals surface area contributed by atoms with Gasteiger partial charge in [-0.2, -0.15) is 0 Å². The van der Waals surface area contributed by atoms with E-state index in [-0.39, 0.29) is 18.8 Å². The maximum atomic E-state index is 12.9. The summed E-state index contributed by atoms with van der Waals surface area (Å²) in [6.07, 6.45) is 7.04. The number of nitrogens with zero attached hydrogens (tertiary/aromatic N) is 3. The number of amides is 4. The lowest BCUT2D eigenvalue weighted by atomic mass is 9.96. The van der Waals surface area contributed by atoms with Crippen molar-refractivity contribution in [3.63, 3.8) is 0 Å². The topological polar surface area (TPSA) is 60.9 Å². The Kier molecular flexibility index (Phi) is 3.90. The summed E-state index contributed by atoms with van der Waals surface area (Å²) in [5.41, 5.74) is 1.36. The maximum absolute atomic E-state index is 12.9. The van der Waals surface area contributed by atoms with E-state index in [0.29, 0.717) is 5.92 Å². The number of hydrogen-bond acceptors (Lipinski definition) is 5. The summed E-state index contributed by atoms with van der Waals surface area (Å²) < 4.78 is 0. The maximum Gasteiger partial charge on any atom is 0.335 e. The Hall–Kier alpha value is -1.73. The number of fused-ring (bicyclic) bond motifs is 1. The monoisotopic (exact) mass is 373 g/mol. The molecule has 0 bridgehead atoms. The molecule has 0 N–H and O–H groups in total. The summed E-state index contributed by atoms with van der Waals surface area (Å²) in [5, 5.41) is 2.14. The van der Waals surface area contributed by atoms with Gasteiger partial charge in [0.25, 0.3) is 0 Å². The van der Waals surface area contributed by atoms with Crippen LogP contribution >= 0.6 is 11.3 Å². The van der Waals surface area contributed by atoms with E-state index in [1.165, 1.54) is 33.1 Å². The Labute approximate surface area is 156 Å². The van der Waals surface area contributed by atoms with E-state index in [2.05, 4.69) is 16.3 Å². The predicted molar refractivity (Wildman–Crippen MR) is 96.4 cm³/mol. The minimum absolute atomic E-state index is 0.0898. The van der Waals surface area contributed by atoms with Crippen LogP contribution in [0, 0.1) is 5.92 Å². The fourth-order valence-electron chi connectivity index (χ4n) is 4.83. The van der Waals surface area contributed by atoms with Gasteiger partial charge in [0.2, 0.25) is 0 Å². The number of carbonyl (C=O) groups excluding carboxylic acids is 3. The lowest BCUT2D eigenvalue weighted by Crippen LogP contribution is -2.47. The molecule has 1 atom stereocenters. The highest BCUT2D eigenvalue weighted by Crippen LogP contribution is 2.48. The molecule has 26 heavy (non-hydrogen) atoms. The molecule has 0 radical (unpaired) electrons. The fraction of sp³-hybridized carbons (Fsp3) is 0.632. The largest absolute Gasteiger partial charge is 0.335 e. The lowest BCUT2D eigenvalue weighted by molar-refractivity contribution is -0.144. The number of urea groups is 1. The molecule has 1 aromatic rings. The zero-order valence-electron chi connectivity index (χ0n) is 14.7. The highest BCUT2D eigenvalue weighted by molar-refractivity contribution is 7.10. The first-order chi connectivity index (χ1) is 12.6. The number of thiophene rings is 1. The van der Waals surface area contributed by atoms with Crippen molar-refractivity contribution in [3.05, 3.63) is 21.9 Å². The van der Waals surface area contributed by atoms with E-state index in [1.54, 1.807) is 11.3 Å². The van der Waals surface area contributed by atoms with Gasteiger partial charge in [0.15, 0.2) is 0 Å². The third kappa shape index (κ3) is 2.52. The summed E-state index contributed by atoms with van der Waals surface area (Å²) in [7, 11) is 0. The summed E-state index contributed by atoms with van der Waals surface area (Å²) in [4.78, 5) is 43.9. The normalized spacial score (nSPS) is 27.7. The van der Waals surface area contributed by atoms with Crippen LogP contribution in [0.5, 0.6) is 0 Å². The molecular formula is C19H23N3O3S. The van der Waals surface area contributed by atoms with Gasteiger partial charge in [-0.15, -0.1) is 11.3 Å². The highest BCUT2D eigenvalue weighted by atomic mass is 32.1. The third-order valence-corrected chi connectivity index (χ3v) is 7.28. The van der Waals surface area contributed by atoms with E-state index in [9.17, 15) is 14.4 Å². The predicted octanol–water partition coefficient (Wildman–Crippen LogP) is 2.75. The summed E-state index contributed by atoms with van der Waals surface area (Å²) in [6.45, 7) is 1.08. The molecule has 4 amide bonds. The first kappa shape index (κ1) is 16.4. The van der Waals surface area contributed by atoms with Crippen molar-refractivity contribution < 1.29 is 14.4 Å². The van der Waals surface area contributed by atoms with E-state index >= 15 is 0 Å². The van der Waals surface area contributed by atoms with Gasteiger partial charge in [-0.05, 0) is 55.0 Å². The molecule has 2 aliphatic heterocycles. The smallest absolute Gasteiger partial charge is 0.278 e. The van der Waals surface area contributed by atoms with Gasteiger partial charge in [0.05, 0.1) is 6.67 Å². The summed E-state index contributed by atoms with van der Waals surface area (Å²) in [6, 6.07) is 1.98. The third-order valence-electron chi connectivity index (χ3n) is 6.28. The minimum atomic E-state index is -0.646. The summed E-state index contributed by atoms with van der Waals surface area (Å²) >= 11 is 1.80. The zero-order chi connectivity index (χ0) is 17.8. The van der Waals surface area contributed by atoms with Crippen LogP contribution in [0.2, 0.25) is 0 Å². The Morgan fingerprint density at radius 3 is 2.54 bits per heavy atom. The van der Waals surface area contributed by atoms with Gasteiger partial charge >= 0.3 is 17.8 Å².